The SMILES string of the molecule is CCN(C(=O)C1CCN(CCc2ccccc2)CC1)c1ccccc1. The zero-order valence-electron chi connectivity index (χ0n) is 15.1. The summed E-state index contributed by atoms with van der Waals surface area (Å²) in [6, 6.07) is 20.7. The first-order chi connectivity index (χ1) is 12.3. The second-order valence-electron chi connectivity index (χ2n) is 6.77. The first kappa shape index (κ1) is 17.7. The van der Waals surface area contributed by atoms with E-state index in [0.29, 0.717) is 0 Å². The third-order valence-electron chi connectivity index (χ3n) is 5.15. The fraction of sp³-hybridized carbons (Fsp3) is 0.409. The molecule has 2 aromatic carbocycles. The second-order valence-corrected chi connectivity index (χ2v) is 6.77. The van der Waals surface area contributed by atoms with Crippen LogP contribution in [-0.4, -0.2) is 37.0 Å². The van der Waals surface area contributed by atoms with Crippen LogP contribution in [0.15, 0.2) is 60.7 Å². The Morgan fingerprint density at radius 1 is 1.00 bits per heavy atom. The van der Waals surface area contributed by atoms with Gasteiger partial charge in [0.2, 0.25) is 5.91 Å². The normalized spacial score (nSPS) is 15.9. The van der Waals surface area contributed by atoms with E-state index in [4.69, 9.17) is 0 Å². The first-order valence-electron chi connectivity index (χ1n) is 9.40. The highest BCUT2D eigenvalue weighted by Gasteiger charge is 2.28. The van der Waals surface area contributed by atoms with Crippen molar-refractivity contribution in [2.24, 2.45) is 5.92 Å². The summed E-state index contributed by atoms with van der Waals surface area (Å²) in [5.41, 5.74) is 2.41. The predicted octanol–water partition coefficient (Wildman–Crippen LogP) is 3.99. The standard InChI is InChI=1S/C22H28N2O/c1-2-24(21-11-7-4-8-12-21)22(25)20-14-17-23(18-15-20)16-13-19-9-5-3-6-10-19/h3-12,20H,2,13-18H2,1H3. The zero-order valence-corrected chi connectivity index (χ0v) is 15.1. The molecule has 0 aliphatic carbocycles. The topological polar surface area (TPSA) is 23.6 Å². The Labute approximate surface area is 151 Å². The van der Waals surface area contributed by atoms with Crippen molar-refractivity contribution < 1.29 is 4.79 Å². The van der Waals surface area contributed by atoms with Gasteiger partial charge in [-0.1, -0.05) is 48.5 Å². The Hall–Kier alpha value is -2.13. The molecule has 0 atom stereocenters. The molecule has 1 fully saturated rings. The maximum atomic E-state index is 12.9. The number of rotatable bonds is 6. The number of carbonyl (C=O) groups excluding carboxylic acids is 1. The lowest BCUT2D eigenvalue weighted by molar-refractivity contribution is -0.123. The van der Waals surface area contributed by atoms with Crippen molar-refractivity contribution in [3.8, 4) is 0 Å². The molecule has 132 valence electrons. The molecule has 25 heavy (non-hydrogen) atoms. The molecule has 3 rings (SSSR count). The van der Waals surface area contributed by atoms with Gasteiger partial charge in [-0.15, -0.1) is 0 Å². The molecular formula is C22H28N2O. The van der Waals surface area contributed by atoms with Crippen LogP contribution in [0.3, 0.4) is 0 Å². The molecule has 0 N–H and O–H groups in total. The highest BCUT2D eigenvalue weighted by Crippen LogP contribution is 2.23. The average Bonchev–Trinajstić information content (AvgIpc) is 2.69. The first-order valence-corrected chi connectivity index (χ1v) is 9.40. The monoisotopic (exact) mass is 336 g/mol. The van der Waals surface area contributed by atoms with Crippen molar-refractivity contribution >= 4 is 11.6 Å². The number of piperidine rings is 1. The van der Waals surface area contributed by atoms with Crippen LogP contribution in [0.25, 0.3) is 0 Å². The minimum absolute atomic E-state index is 0.160. The van der Waals surface area contributed by atoms with Crippen LogP contribution in [0, 0.1) is 5.92 Å². The van der Waals surface area contributed by atoms with Crippen LogP contribution in [0.5, 0.6) is 0 Å². The number of benzene rings is 2. The van der Waals surface area contributed by atoms with Crippen LogP contribution in [0.1, 0.15) is 25.3 Å². The number of carbonyl (C=O) groups is 1. The third kappa shape index (κ3) is 4.70. The van der Waals surface area contributed by atoms with E-state index in [1.807, 2.05) is 35.2 Å². The Morgan fingerprint density at radius 3 is 2.20 bits per heavy atom. The van der Waals surface area contributed by atoms with Crippen molar-refractivity contribution in [3.63, 3.8) is 0 Å². The molecule has 2 aromatic rings. The van der Waals surface area contributed by atoms with E-state index >= 15 is 0 Å². The number of anilines is 1. The fourth-order valence-corrected chi connectivity index (χ4v) is 3.63. The predicted molar refractivity (Wildman–Crippen MR) is 104 cm³/mol. The minimum Gasteiger partial charge on any atom is -0.312 e. The van der Waals surface area contributed by atoms with Crippen LogP contribution < -0.4 is 4.90 Å². The van der Waals surface area contributed by atoms with Gasteiger partial charge in [0.15, 0.2) is 0 Å². The quantitative estimate of drug-likeness (QED) is 0.796. The second kappa shape index (κ2) is 8.82. The van der Waals surface area contributed by atoms with Crippen molar-refractivity contribution in [2.45, 2.75) is 26.2 Å². The van der Waals surface area contributed by atoms with E-state index in [-0.39, 0.29) is 11.8 Å². The zero-order chi connectivity index (χ0) is 17.5. The lowest BCUT2D eigenvalue weighted by Gasteiger charge is -2.34. The lowest BCUT2D eigenvalue weighted by Crippen LogP contribution is -2.43. The van der Waals surface area contributed by atoms with E-state index < -0.39 is 0 Å². The van der Waals surface area contributed by atoms with E-state index in [2.05, 4.69) is 42.2 Å². The summed E-state index contributed by atoms with van der Waals surface area (Å²) in [5, 5.41) is 0. The molecule has 1 heterocycles. The van der Waals surface area contributed by atoms with Crippen molar-refractivity contribution in [1.29, 1.82) is 0 Å². The van der Waals surface area contributed by atoms with Gasteiger partial charge in [-0.25, -0.2) is 0 Å². The van der Waals surface area contributed by atoms with Crippen molar-refractivity contribution in [1.82, 2.24) is 4.90 Å². The van der Waals surface area contributed by atoms with Gasteiger partial charge < -0.3 is 9.80 Å². The molecule has 0 unspecified atom stereocenters. The molecule has 0 radical (unpaired) electrons. The number of likely N-dealkylation sites (tertiary alicyclic amines) is 1. The molecule has 0 saturated carbocycles. The summed E-state index contributed by atoms with van der Waals surface area (Å²) in [7, 11) is 0. The third-order valence-corrected chi connectivity index (χ3v) is 5.15. The van der Waals surface area contributed by atoms with E-state index in [1.54, 1.807) is 0 Å². The molecule has 1 aliphatic rings. The van der Waals surface area contributed by atoms with Gasteiger partial charge in [-0.05, 0) is 57.0 Å². The van der Waals surface area contributed by atoms with Crippen LogP contribution in [0.2, 0.25) is 0 Å². The van der Waals surface area contributed by atoms with Gasteiger partial charge in [0.1, 0.15) is 0 Å². The number of hydrogen-bond donors (Lipinski definition) is 0. The van der Waals surface area contributed by atoms with Gasteiger partial charge in [0.25, 0.3) is 0 Å². The Bertz CT molecular complexity index is 648. The van der Waals surface area contributed by atoms with Gasteiger partial charge in [-0.3, -0.25) is 4.79 Å². The highest BCUT2D eigenvalue weighted by atomic mass is 16.2. The Morgan fingerprint density at radius 2 is 1.60 bits per heavy atom. The number of nitrogens with zero attached hydrogens (tertiary/aromatic N) is 2. The van der Waals surface area contributed by atoms with Gasteiger partial charge >= 0.3 is 0 Å². The molecule has 3 nitrogen and oxygen atoms in total. The Balaban J connectivity index is 1.50. The number of hydrogen-bond acceptors (Lipinski definition) is 2. The number of amides is 1. The molecule has 0 bridgehead atoms. The van der Waals surface area contributed by atoms with E-state index in [0.717, 1.165) is 51.1 Å². The van der Waals surface area contributed by atoms with Gasteiger partial charge in [0, 0.05) is 24.7 Å². The smallest absolute Gasteiger partial charge is 0.230 e. The van der Waals surface area contributed by atoms with E-state index in [1.165, 1.54) is 5.56 Å². The fourth-order valence-electron chi connectivity index (χ4n) is 3.63. The highest BCUT2D eigenvalue weighted by molar-refractivity contribution is 5.95. The molecule has 0 aromatic heterocycles. The van der Waals surface area contributed by atoms with Crippen molar-refractivity contribution in [3.05, 3.63) is 66.2 Å². The maximum absolute atomic E-state index is 12.9. The molecular weight excluding hydrogens is 308 g/mol. The molecule has 1 amide bonds. The number of para-hydroxylation sites is 1. The molecule has 1 aliphatic heterocycles. The summed E-state index contributed by atoms with van der Waals surface area (Å²) >= 11 is 0. The molecule has 0 spiro atoms. The van der Waals surface area contributed by atoms with Crippen LogP contribution >= 0.6 is 0 Å². The Kier molecular flexibility index (Phi) is 6.24. The van der Waals surface area contributed by atoms with Crippen LogP contribution in [-0.2, 0) is 11.2 Å². The summed E-state index contributed by atoms with van der Waals surface area (Å²) in [4.78, 5) is 17.4. The minimum atomic E-state index is 0.160. The summed E-state index contributed by atoms with van der Waals surface area (Å²) in [6.07, 6.45) is 3.03. The van der Waals surface area contributed by atoms with Crippen molar-refractivity contribution in [2.75, 3.05) is 31.1 Å². The largest absolute Gasteiger partial charge is 0.312 e. The van der Waals surface area contributed by atoms with Crippen LogP contribution in [0.4, 0.5) is 5.69 Å². The summed E-state index contributed by atoms with van der Waals surface area (Å²) in [6.45, 7) is 5.92. The van der Waals surface area contributed by atoms with Gasteiger partial charge in [-0.2, -0.15) is 0 Å². The summed E-state index contributed by atoms with van der Waals surface area (Å²) in [5.74, 6) is 0.449. The van der Waals surface area contributed by atoms with E-state index in [9.17, 15) is 4.79 Å². The molecule has 3 heteroatoms. The van der Waals surface area contributed by atoms with Gasteiger partial charge in [0.05, 0.1) is 0 Å². The average molecular weight is 336 g/mol. The maximum Gasteiger partial charge on any atom is 0.230 e. The lowest BCUT2D eigenvalue weighted by atomic mass is 9.94. The summed E-state index contributed by atoms with van der Waals surface area (Å²) < 4.78 is 0. The molecule has 1 saturated heterocycles.